The van der Waals surface area contributed by atoms with Crippen LogP contribution in [0.15, 0.2) is 24.3 Å². The van der Waals surface area contributed by atoms with Crippen LogP contribution in [0.2, 0.25) is 5.02 Å². The van der Waals surface area contributed by atoms with Gasteiger partial charge in [-0.3, -0.25) is 0 Å². The third-order valence-corrected chi connectivity index (χ3v) is 3.73. The molecule has 20 heavy (non-hydrogen) atoms. The molecule has 2 rings (SSSR count). The van der Waals surface area contributed by atoms with Gasteiger partial charge in [-0.15, -0.1) is 0 Å². The van der Waals surface area contributed by atoms with E-state index in [1.54, 1.807) is 0 Å². The average Bonchev–Trinajstić information content (AvgIpc) is 2.39. The van der Waals surface area contributed by atoms with Crippen LogP contribution in [0.3, 0.4) is 0 Å². The molecule has 0 bridgehead atoms. The van der Waals surface area contributed by atoms with Crippen molar-refractivity contribution in [2.75, 3.05) is 32.9 Å². The van der Waals surface area contributed by atoms with E-state index in [2.05, 4.69) is 12.2 Å². The zero-order chi connectivity index (χ0) is 14.4. The second-order valence-electron chi connectivity index (χ2n) is 5.69. The molecule has 0 aromatic heterocycles. The fraction of sp³-hybridized carbons (Fsp3) is 0.600. The van der Waals surface area contributed by atoms with Crippen molar-refractivity contribution >= 4 is 11.6 Å². The Bertz CT molecular complexity index is 423. The molecule has 1 atom stereocenters. The molecule has 1 aromatic carbocycles. The lowest BCUT2D eigenvalue weighted by Crippen LogP contribution is -2.48. The Labute approximate surface area is 125 Å². The van der Waals surface area contributed by atoms with E-state index in [1.807, 2.05) is 24.3 Å². The first-order valence-electron chi connectivity index (χ1n) is 6.87. The quantitative estimate of drug-likeness (QED) is 0.769. The van der Waals surface area contributed by atoms with Crippen molar-refractivity contribution in [3.8, 4) is 0 Å². The number of nitrogens with one attached hydrogen (secondary N) is 1. The third kappa shape index (κ3) is 4.72. The lowest BCUT2D eigenvalue weighted by molar-refractivity contribution is -0.100. The maximum atomic E-state index is 9.83. The van der Waals surface area contributed by atoms with Gasteiger partial charge in [0, 0.05) is 23.5 Å². The summed E-state index contributed by atoms with van der Waals surface area (Å²) in [5.74, 6) is 0. The van der Waals surface area contributed by atoms with E-state index in [0.717, 1.165) is 25.3 Å². The van der Waals surface area contributed by atoms with Crippen LogP contribution >= 0.6 is 11.6 Å². The average molecular weight is 300 g/mol. The van der Waals surface area contributed by atoms with Crippen molar-refractivity contribution in [2.24, 2.45) is 5.41 Å². The molecule has 1 aromatic rings. The number of aliphatic hydroxyl groups excluding tert-OH is 1. The molecule has 1 aliphatic rings. The van der Waals surface area contributed by atoms with Gasteiger partial charge in [0.15, 0.2) is 0 Å². The molecule has 2 N–H and O–H groups in total. The second-order valence-corrected chi connectivity index (χ2v) is 6.10. The third-order valence-electron chi connectivity index (χ3n) is 3.36. The highest BCUT2D eigenvalue weighted by Crippen LogP contribution is 2.24. The molecule has 1 fully saturated rings. The highest BCUT2D eigenvalue weighted by molar-refractivity contribution is 6.31. The van der Waals surface area contributed by atoms with Crippen LogP contribution in [-0.2, 0) is 16.1 Å². The summed E-state index contributed by atoms with van der Waals surface area (Å²) >= 11 is 6.03. The monoisotopic (exact) mass is 299 g/mol. The highest BCUT2D eigenvalue weighted by Gasteiger charge is 2.32. The minimum Gasteiger partial charge on any atom is -0.389 e. The van der Waals surface area contributed by atoms with E-state index in [1.165, 1.54) is 0 Å². The second kappa shape index (κ2) is 7.38. The molecule has 112 valence electrons. The normalized spacial score (nSPS) is 18.6. The minimum absolute atomic E-state index is 0.220. The minimum atomic E-state index is -0.512. The van der Waals surface area contributed by atoms with E-state index in [4.69, 9.17) is 21.1 Å². The van der Waals surface area contributed by atoms with Gasteiger partial charge < -0.3 is 19.9 Å². The highest BCUT2D eigenvalue weighted by atomic mass is 35.5. The van der Waals surface area contributed by atoms with Gasteiger partial charge in [-0.05, 0) is 11.6 Å². The van der Waals surface area contributed by atoms with Gasteiger partial charge in [0.05, 0.1) is 32.5 Å². The molecule has 0 spiro atoms. The molecule has 0 aliphatic carbocycles. The van der Waals surface area contributed by atoms with Gasteiger partial charge in [0.1, 0.15) is 0 Å². The standard InChI is InChI=1S/C15H22ClNO3/c1-15(10-20-11-15)9-17-6-13(18)8-19-7-12-4-2-3-5-14(12)16/h2-5,13,17-18H,6-11H2,1H3. The SMILES string of the molecule is CC1(CNCC(O)COCc2ccccc2Cl)COC1. The Hall–Kier alpha value is -0.650. The first-order valence-corrected chi connectivity index (χ1v) is 7.25. The van der Waals surface area contributed by atoms with Crippen LogP contribution in [-0.4, -0.2) is 44.1 Å². The molecule has 0 radical (unpaired) electrons. The number of rotatable bonds is 8. The van der Waals surface area contributed by atoms with Crippen LogP contribution in [0.4, 0.5) is 0 Å². The van der Waals surface area contributed by atoms with E-state index in [9.17, 15) is 5.11 Å². The fourth-order valence-corrected chi connectivity index (χ4v) is 2.26. The zero-order valence-corrected chi connectivity index (χ0v) is 12.5. The van der Waals surface area contributed by atoms with Crippen LogP contribution < -0.4 is 5.32 Å². The van der Waals surface area contributed by atoms with Gasteiger partial charge in [-0.1, -0.05) is 36.7 Å². The number of hydrogen-bond acceptors (Lipinski definition) is 4. The van der Waals surface area contributed by atoms with E-state index in [0.29, 0.717) is 24.8 Å². The van der Waals surface area contributed by atoms with E-state index in [-0.39, 0.29) is 5.41 Å². The molecule has 1 heterocycles. The Morgan fingerprint density at radius 2 is 2.20 bits per heavy atom. The van der Waals surface area contributed by atoms with Crippen LogP contribution in [0.5, 0.6) is 0 Å². The number of ether oxygens (including phenoxy) is 2. The summed E-state index contributed by atoms with van der Waals surface area (Å²) in [5, 5.41) is 13.8. The van der Waals surface area contributed by atoms with Crippen LogP contribution in [0.1, 0.15) is 12.5 Å². The Morgan fingerprint density at radius 3 is 2.85 bits per heavy atom. The summed E-state index contributed by atoms with van der Waals surface area (Å²) in [6.45, 7) is 5.85. The molecule has 1 saturated heterocycles. The zero-order valence-electron chi connectivity index (χ0n) is 11.8. The maximum absolute atomic E-state index is 9.83. The summed E-state index contributed by atoms with van der Waals surface area (Å²) in [5.41, 5.74) is 1.16. The van der Waals surface area contributed by atoms with Gasteiger partial charge in [-0.25, -0.2) is 0 Å². The summed E-state index contributed by atoms with van der Waals surface area (Å²) in [7, 11) is 0. The number of hydrogen-bond donors (Lipinski definition) is 2. The molecule has 0 amide bonds. The predicted octanol–water partition coefficient (Wildman–Crippen LogP) is 1.84. The molecular weight excluding hydrogens is 278 g/mol. The number of benzene rings is 1. The van der Waals surface area contributed by atoms with Crippen molar-refractivity contribution in [1.82, 2.24) is 5.32 Å². The molecule has 1 unspecified atom stereocenters. The van der Waals surface area contributed by atoms with E-state index < -0.39 is 6.10 Å². The van der Waals surface area contributed by atoms with Crippen molar-refractivity contribution in [1.29, 1.82) is 0 Å². The first kappa shape index (κ1) is 15.7. The van der Waals surface area contributed by atoms with Gasteiger partial charge in [-0.2, -0.15) is 0 Å². The Morgan fingerprint density at radius 1 is 1.45 bits per heavy atom. The predicted molar refractivity (Wildman–Crippen MR) is 78.9 cm³/mol. The van der Waals surface area contributed by atoms with Crippen molar-refractivity contribution < 1.29 is 14.6 Å². The van der Waals surface area contributed by atoms with Crippen LogP contribution in [0, 0.1) is 5.41 Å². The van der Waals surface area contributed by atoms with Crippen molar-refractivity contribution in [2.45, 2.75) is 19.6 Å². The maximum Gasteiger partial charge on any atom is 0.0897 e. The van der Waals surface area contributed by atoms with Gasteiger partial charge >= 0.3 is 0 Å². The lowest BCUT2D eigenvalue weighted by Gasteiger charge is -2.38. The molecule has 1 aliphatic heterocycles. The number of aliphatic hydroxyl groups is 1. The summed E-state index contributed by atoms with van der Waals surface area (Å²) in [6.07, 6.45) is -0.512. The molecule has 4 nitrogen and oxygen atoms in total. The largest absolute Gasteiger partial charge is 0.389 e. The lowest BCUT2D eigenvalue weighted by atomic mass is 9.89. The van der Waals surface area contributed by atoms with E-state index >= 15 is 0 Å². The molecular formula is C15H22ClNO3. The molecule has 5 heteroatoms. The first-order chi connectivity index (χ1) is 9.59. The van der Waals surface area contributed by atoms with Crippen LogP contribution in [0.25, 0.3) is 0 Å². The van der Waals surface area contributed by atoms with Gasteiger partial charge in [0.2, 0.25) is 0 Å². The van der Waals surface area contributed by atoms with Gasteiger partial charge in [0.25, 0.3) is 0 Å². The van der Waals surface area contributed by atoms with Crippen molar-refractivity contribution in [3.63, 3.8) is 0 Å². The van der Waals surface area contributed by atoms with Crippen molar-refractivity contribution in [3.05, 3.63) is 34.9 Å². The number of halogens is 1. The molecule has 0 saturated carbocycles. The topological polar surface area (TPSA) is 50.7 Å². The Kier molecular flexibility index (Phi) is 5.81. The smallest absolute Gasteiger partial charge is 0.0897 e. The summed E-state index contributed by atoms with van der Waals surface area (Å²) < 4.78 is 10.7. The Balaban J connectivity index is 1.58. The summed E-state index contributed by atoms with van der Waals surface area (Å²) in [4.78, 5) is 0. The fourth-order valence-electron chi connectivity index (χ4n) is 2.07. The summed E-state index contributed by atoms with van der Waals surface area (Å²) in [6, 6.07) is 7.56.